The Morgan fingerprint density at radius 1 is 0.955 bits per heavy atom. The largest absolute Gasteiger partial charge is 0.491 e. The molecule has 0 radical (unpaired) electrons. The summed E-state index contributed by atoms with van der Waals surface area (Å²) in [7, 11) is 0. The van der Waals surface area contributed by atoms with Gasteiger partial charge in [0.1, 0.15) is 0 Å². The van der Waals surface area contributed by atoms with Crippen molar-refractivity contribution in [3.63, 3.8) is 0 Å². The molecule has 0 fully saturated rings. The second-order valence-corrected chi connectivity index (χ2v) is 4.59. The zero-order chi connectivity index (χ0) is 16.1. The van der Waals surface area contributed by atoms with Crippen LogP contribution in [0.2, 0.25) is 0 Å². The summed E-state index contributed by atoms with van der Waals surface area (Å²) in [5, 5.41) is 0.256. The highest BCUT2D eigenvalue weighted by molar-refractivity contribution is 6.05. The van der Waals surface area contributed by atoms with E-state index in [9.17, 15) is 22.0 Å². The summed E-state index contributed by atoms with van der Waals surface area (Å²) in [5.41, 5.74) is -2.42. The molecule has 0 amide bonds. The molecule has 0 saturated heterocycles. The molecule has 2 aromatic carbocycles. The lowest BCUT2D eigenvalue weighted by Gasteiger charge is -2.07. The van der Waals surface area contributed by atoms with Crippen LogP contribution < -0.4 is 4.74 Å². The van der Waals surface area contributed by atoms with Gasteiger partial charge in [-0.05, 0) is 31.2 Å². The van der Waals surface area contributed by atoms with Crippen LogP contribution in [-0.4, -0.2) is 6.61 Å². The van der Waals surface area contributed by atoms with Gasteiger partial charge in [0, 0.05) is 10.8 Å². The summed E-state index contributed by atoms with van der Waals surface area (Å²) in [5.74, 6) is -2.53. The molecular weight excluding hydrogens is 307 g/mol. The van der Waals surface area contributed by atoms with Crippen LogP contribution in [0.1, 0.15) is 12.5 Å². The second kappa shape index (κ2) is 4.86. The number of furan rings is 1. The fourth-order valence-corrected chi connectivity index (χ4v) is 2.31. The van der Waals surface area contributed by atoms with Crippen LogP contribution in [0.15, 0.2) is 28.7 Å². The lowest BCUT2D eigenvalue weighted by Crippen LogP contribution is -2.07. The minimum Gasteiger partial charge on any atom is -0.491 e. The normalized spacial score (nSPS) is 12.3. The Kier molecular flexibility index (Phi) is 3.23. The maximum Gasteiger partial charge on any atom is 0.419 e. The summed E-state index contributed by atoms with van der Waals surface area (Å²) < 4.78 is 76.4. The maximum absolute atomic E-state index is 14.2. The molecule has 0 aliphatic rings. The third-order valence-corrected chi connectivity index (χ3v) is 3.26. The van der Waals surface area contributed by atoms with Crippen LogP contribution in [0.5, 0.6) is 5.75 Å². The Morgan fingerprint density at radius 3 is 2.14 bits per heavy atom. The van der Waals surface area contributed by atoms with Crippen LogP contribution in [0.4, 0.5) is 22.0 Å². The average Bonchev–Trinajstić information content (AvgIpc) is 2.82. The first kappa shape index (κ1) is 14.6. The first-order chi connectivity index (χ1) is 10.3. The van der Waals surface area contributed by atoms with E-state index in [2.05, 4.69) is 0 Å². The lowest BCUT2D eigenvalue weighted by molar-refractivity contribution is -0.139. The fourth-order valence-electron chi connectivity index (χ4n) is 2.31. The molecule has 0 spiro atoms. The van der Waals surface area contributed by atoms with E-state index in [0.29, 0.717) is 6.07 Å². The molecule has 0 atom stereocenters. The minimum atomic E-state index is -4.85. The quantitative estimate of drug-likeness (QED) is 0.600. The van der Waals surface area contributed by atoms with Crippen molar-refractivity contribution in [2.24, 2.45) is 0 Å². The van der Waals surface area contributed by atoms with Crippen LogP contribution >= 0.6 is 0 Å². The molecule has 0 bridgehead atoms. The molecule has 7 heteroatoms. The SMILES string of the molecule is CCOc1ccc2c(oc3c(F)c(C(F)(F)F)ccc32)c1F. The van der Waals surface area contributed by atoms with Gasteiger partial charge < -0.3 is 9.15 Å². The van der Waals surface area contributed by atoms with Crippen LogP contribution in [0.3, 0.4) is 0 Å². The fraction of sp³-hybridized carbons (Fsp3) is 0.200. The predicted octanol–water partition coefficient (Wildman–Crippen LogP) is 5.28. The summed E-state index contributed by atoms with van der Waals surface area (Å²) in [6, 6.07) is 4.42. The van der Waals surface area contributed by atoms with Gasteiger partial charge in [-0.2, -0.15) is 17.6 Å². The minimum absolute atomic E-state index is 0.0717. The van der Waals surface area contributed by atoms with Gasteiger partial charge in [0.25, 0.3) is 0 Å². The number of hydrogen-bond acceptors (Lipinski definition) is 2. The summed E-state index contributed by atoms with van der Waals surface area (Å²) in [6.07, 6.45) is -4.85. The molecule has 0 saturated carbocycles. The molecule has 1 aromatic heterocycles. The number of ether oxygens (including phenoxy) is 1. The Bertz CT molecular complexity index is 864. The molecular formula is C15H9F5O2. The van der Waals surface area contributed by atoms with Gasteiger partial charge in [0.15, 0.2) is 22.7 Å². The molecule has 3 aromatic rings. The van der Waals surface area contributed by atoms with E-state index in [0.717, 1.165) is 6.07 Å². The Hall–Kier alpha value is -2.31. The molecule has 22 heavy (non-hydrogen) atoms. The van der Waals surface area contributed by atoms with Crippen molar-refractivity contribution in [2.45, 2.75) is 13.1 Å². The van der Waals surface area contributed by atoms with Crippen LogP contribution in [-0.2, 0) is 6.18 Å². The molecule has 0 aliphatic carbocycles. The maximum atomic E-state index is 14.2. The van der Waals surface area contributed by atoms with Crippen molar-refractivity contribution in [1.82, 2.24) is 0 Å². The van der Waals surface area contributed by atoms with Crippen LogP contribution in [0, 0.1) is 11.6 Å². The van der Waals surface area contributed by atoms with E-state index >= 15 is 0 Å². The Balaban J connectivity index is 2.34. The van der Waals surface area contributed by atoms with Gasteiger partial charge in [0.2, 0.25) is 5.82 Å². The van der Waals surface area contributed by atoms with Crippen molar-refractivity contribution >= 4 is 21.9 Å². The standard InChI is InChI=1S/C15H9F5O2/c1-2-21-10-6-4-8-7-3-5-9(15(18,19)20)11(16)13(7)22-14(8)12(10)17/h3-6H,2H2,1H3. The number of halogens is 5. The highest BCUT2D eigenvalue weighted by atomic mass is 19.4. The molecule has 1 heterocycles. The van der Waals surface area contributed by atoms with E-state index in [1.54, 1.807) is 6.92 Å². The van der Waals surface area contributed by atoms with Gasteiger partial charge >= 0.3 is 6.18 Å². The third kappa shape index (κ3) is 2.08. The average molecular weight is 316 g/mol. The summed E-state index contributed by atoms with van der Waals surface area (Å²) >= 11 is 0. The van der Waals surface area contributed by atoms with E-state index < -0.39 is 29.0 Å². The Morgan fingerprint density at radius 2 is 1.55 bits per heavy atom. The van der Waals surface area contributed by atoms with Crippen LogP contribution in [0.25, 0.3) is 21.9 Å². The number of benzene rings is 2. The van der Waals surface area contributed by atoms with E-state index in [1.807, 2.05) is 0 Å². The van der Waals surface area contributed by atoms with Gasteiger partial charge in [-0.1, -0.05) is 0 Å². The van der Waals surface area contributed by atoms with Gasteiger partial charge in [-0.15, -0.1) is 0 Å². The topological polar surface area (TPSA) is 22.4 Å². The smallest absolute Gasteiger partial charge is 0.419 e. The highest BCUT2D eigenvalue weighted by Crippen LogP contribution is 2.39. The van der Waals surface area contributed by atoms with Gasteiger partial charge in [0.05, 0.1) is 12.2 Å². The van der Waals surface area contributed by atoms with Gasteiger partial charge in [-0.25, -0.2) is 4.39 Å². The van der Waals surface area contributed by atoms with Crippen molar-refractivity contribution < 1.29 is 31.1 Å². The zero-order valence-corrected chi connectivity index (χ0v) is 11.2. The number of rotatable bonds is 2. The van der Waals surface area contributed by atoms with E-state index in [4.69, 9.17) is 9.15 Å². The zero-order valence-electron chi connectivity index (χ0n) is 11.2. The van der Waals surface area contributed by atoms with Crippen molar-refractivity contribution in [3.05, 3.63) is 41.5 Å². The molecule has 116 valence electrons. The van der Waals surface area contributed by atoms with Crippen molar-refractivity contribution in [1.29, 1.82) is 0 Å². The lowest BCUT2D eigenvalue weighted by atomic mass is 10.1. The van der Waals surface area contributed by atoms with E-state index in [-0.39, 0.29) is 28.7 Å². The summed E-state index contributed by atoms with van der Waals surface area (Å²) in [6.45, 7) is 1.85. The number of hydrogen-bond donors (Lipinski definition) is 0. The third-order valence-electron chi connectivity index (χ3n) is 3.26. The van der Waals surface area contributed by atoms with Crippen molar-refractivity contribution in [2.75, 3.05) is 6.61 Å². The predicted molar refractivity (Wildman–Crippen MR) is 69.8 cm³/mol. The first-order valence-corrected chi connectivity index (χ1v) is 6.37. The highest BCUT2D eigenvalue weighted by Gasteiger charge is 2.36. The molecule has 3 rings (SSSR count). The van der Waals surface area contributed by atoms with Gasteiger partial charge in [-0.3, -0.25) is 0 Å². The second-order valence-electron chi connectivity index (χ2n) is 4.59. The molecule has 2 nitrogen and oxygen atoms in total. The molecule has 0 N–H and O–H groups in total. The monoisotopic (exact) mass is 316 g/mol. The van der Waals surface area contributed by atoms with Crippen molar-refractivity contribution in [3.8, 4) is 5.75 Å². The molecule has 0 unspecified atom stereocenters. The Labute approximate surface area is 121 Å². The van der Waals surface area contributed by atoms with E-state index in [1.165, 1.54) is 12.1 Å². The first-order valence-electron chi connectivity index (χ1n) is 6.37. The molecule has 0 aliphatic heterocycles. The summed E-state index contributed by atoms with van der Waals surface area (Å²) in [4.78, 5) is 0. The number of alkyl halides is 3. The number of fused-ring (bicyclic) bond motifs is 3.